The Labute approximate surface area is 202 Å². The third-order valence-corrected chi connectivity index (χ3v) is 4.97. The first-order chi connectivity index (χ1) is 16.2. The molecule has 0 unspecified atom stereocenters. The fourth-order valence-electron chi connectivity index (χ4n) is 2.94. The molecule has 0 saturated heterocycles. The highest BCUT2D eigenvalue weighted by Crippen LogP contribution is 2.23. The lowest BCUT2D eigenvalue weighted by Gasteiger charge is -2.25. The van der Waals surface area contributed by atoms with Crippen molar-refractivity contribution in [3.63, 3.8) is 0 Å². The zero-order valence-electron chi connectivity index (χ0n) is 20.5. The summed E-state index contributed by atoms with van der Waals surface area (Å²) in [6.45, 7) is 12.7. The van der Waals surface area contributed by atoms with Crippen molar-refractivity contribution in [3.8, 4) is 0 Å². The van der Waals surface area contributed by atoms with Gasteiger partial charge in [-0.25, -0.2) is 0 Å². The Morgan fingerprint density at radius 2 is 1.12 bits per heavy atom. The lowest BCUT2D eigenvalue weighted by atomic mass is 10.2. The van der Waals surface area contributed by atoms with Crippen molar-refractivity contribution < 1.29 is 9.59 Å². The first kappa shape index (κ1) is 26.3. The highest BCUT2D eigenvalue weighted by molar-refractivity contribution is 5.92. The predicted octanol–water partition coefficient (Wildman–Crippen LogP) is 4.36. The van der Waals surface area contributed by atoms with Gasteiger partial charge in [-0.1, -0.05) is 13.2 Å². The summed E-state index contributed by atoms with van der Waals surface area (Å²) < 4.78 is 0. The highest BCUT2D eigenvalue weighted by atomic mass is 16.2. The minimum Gasteiger partial charge on any atom is -0.378 e. The van der Waals surface area contributed by atoms with E-state index in [0.29, 0.717) is 37.3 Å². The first-order valence-electron chi connectivity index (χ1n) is 11.1. The van der Waals surface area contributed by atoms with Crippen LogP contribution in [0.2, 0.25) is 0 Å². The summed E-state index contributed by atoms with van der Waals surface area (Å²) in [5, 5.41) is 14.3. The van der Waals surface area contributed by atoms with Gasteiger partial charge in [0.05, 0.1) is 11.4 Å². The maximum Gasteiger partial charge on any atom is 0.246 e. The number of benzene rings is 2. The zero-order valence-corrected chi connectivity index (χ0v) is 20.5. The lowest BCUT2D eigenvalue weighted by Crippen LogP contribution is -2.39. The quantitative estimate of drug-likeness (QED) is 0.362. The standard InChI is InChI=1S/C26H34N6O2/c1-19(2)25(33)27-15-17-32(18-16-28-26(34)20(3)4)24-13-9-22(10-14-24)30-29-21-7-11-23(12-8-21)31(5)6/h7-14H,1,3,15-18H2,2,4-6H3,(H,27,33)(H,28,34). The van der Waals surface area contributed by atoms with Gasteiger partial charge in [-0.2, -0.15) is 10.2 Å². The molecule has 0 aromatic heterocycles. The summed E-state index contributed by atoms with van der Waals surface area (Å²) in [5.41, 5.74) is 4.48. The predicted molar refractivity (Wildman–Crippen MR) is 139 cm³/mol. The number of amides is 2. The van der Waals surface area contributed by atoms with Crippen LogP contribution in [0.3, 0.4) is 0 Å². The second kappa shape index (κ2) is 12.9. The monoisotopic (exact) mass is 462 g/mol. The summed E-state index contributed by atoms with van der Waals surface area (Å²) in [7, 11) is 3.98. The first-order valence-corrected chi connectivity index (χ1v) is 11.1. The molecule has 0 spiro atoms. The van der Waals surface area contributed by atoms with E-state index >= 15 is 0 Å². The van der Waals surface area contributed by atoms with Crippen molar-refractivity contribution in [2.75, 3.05) is 50.1 Å². The number of hydrogen-bond donors (Lipinski definition) is 2. The summed E-state index contributed by atoms with van der Waals surface area (Å²) in [6, 6.07) is 15.5. The molecule has 0 heterocycles. The molecule has 2 amide bonds. The second-order valence-corrected chi connectivity index (χ2v) is 8.19. The van der Waals surface area contributed by atoms with Gasteiger partial charge in [0.25, 0.3) is 0 Å². The second-order valence-electron chi connectivity index (χ2n) is 8.19. The summed E-state index contributed by atoms with van der Waals surface area (Å²) in [4.78, 5) is 27.7. The molecule has 0 aliphatic rings. The minimum absolute atomic E-state index is 0.176. The molecule has 0 fully saturated rings. The number of azo groups is 1. The van der Waals surface area contributed by atoms with Gasteiger partial charge in [0.2, 0.25) is 11.8 Å². The van der Waals surface area contributed by atoms with Crippen molar-refractivity contribution in [1.82, 2.24) is 10.6 Å². The summed E-state index contributed by atoms with van der Waals surface area (Å²) in [5.74, 6) is -0.352. The number of nitrogens with one attached hydrogen (secondary N) is 2. The fraction of sp³-hybridized carbons (Fsp3) is 0.308. The average molecular weight is 463 g/mol. The number of anilines is 2. The van der Waals surface area contributed by atoms with Crippen LogP contribution in [-0.2, 0) is 9.59 Å². The largest absolute Gasteiger partial charge is 0.378 e. The smallest absolute Gasteiger partial charge is 0.246 e. The SMILES string of the molecule is C=C(C)C(=O)NCCN(CCNC(=O)C(=C)C)c1ccc(N=Nc2ccc(N(C)C)cc2)cc1. The van der Waals surface area contributed by atoms with Gasteiger partial charge >= 0.3 is 0 Å². The molecule has 0 aliphatic heterocycles. The van der Waals surface area contributed by atoms with Crippen LogP contribution in [0.4, 0.5) is 22.7 Å². The van der Waals surface area contributed by atoms with Crippen LogP contribution < -0.4 is 20.4 Å². The van der Waals surface area contributed by atoms with E-state index < -0.39 is 0 Å². The molecule has 2 aromatic rings. The van der Waals surface area contributed by atoms with Gasteiger partial charge in [-0.05, 0) is 62.4 Å². The topological polar surface area (TPSA) is 89.4 Å². The summed E-state index contributed by atoms with van der Waals surface area (Å²) in [6.07, 6.45) is 0. The van der Waals surface area contributed by atoms with E-state index in [1.165, 1.54) is 0 Å². The van der Waals surface area contributed by atoms with E-state index in [0.717, 1.165) is 22.7 Å². The lowest BCUT2D eigenvalue weighted by molar-refractivity contribution is -0.118. The van der Waals surface area contributed by atoms with Crippen molar-refractivity contribution in [1.29, 1.82) is 0 Å². The Bertz CT molecular complexity index is 994. The molecule has 0 saturated carbocycles. The van der Waals surface area contributed by atoms with Crippen LogP contribution >= 0.6 is 0 Å². The Morgan fingerprint density at radius 3 is 1.47 bits per heavy atom. The van der Waals surface area contributed by atoms with Gasteiger partial charge < -0.3 is 20.4 Å². The third kappa shape index (κ3) is 8.54. The maximum atomic E-state index is 11.8. The number of nitrogens with zero attached hydrogens (tertiary/aromatic N) is 4. The number of carbonyl (C=O) groups excluding carboxylic acids is 2. The van der Waals surface area contributed by atoms with Crippen LogP contribution in [-0.4, -0.2) is 52.1 Å². The van der Waals surface area contributed by atoms with Crippen LogP contribution in [0.15, 0.2) is 83.1 Å². The van der Waals surface area contributed by atoms with Crippen LogP contribution in [0.5, 0.6) is 0 Å². The van der Waals surface area contributed by atoms with Crippen LogP contribution in [0.1, 0.15) is 13.8 Å². The molecule has 34 heavy (non-hydrogen) atoms. The van der Waals surface area contributed by atoms with Gasteiger partial charge in [-0.15, -0.1) is 0 Å². The number of hydrogen-bond acceptors (Lipinski definition) is 6. The molecule has 2 aromatic carbocycles. The Hall–Kier alpha value is -3.94. The van der Waals surface area contributed by atoms with E-state index in [2.05, 4.69) is 38.9 Å². The number of rotatable bonds is 12. The molecule has 2 rings (SSSR count). The minimum atomic E-state index is -0.176. The van der Waals surface area contributed by atoms with Gasteiger partial charge in [0, 0.05) is 62.8 Å². The maximum absolute atomic E-state index is 11.8. The molecule has 0 aliphatic carbocycles. The molecule has 180 valence electrons. The molecule has 0 atom stereocenters. The zero-order chi connectivity index (χ0) is 25.1. The van der Waals surface area contributed by atoms with Crippen molar-refractivity contribution in [3.05, 3.63) is 72.8 Å². The van der Waals surface area contributed by atoms with Gasteiger partial charge in [-0.3, -0.25) is 9.59 Å². The Balaban J connectivity index is 2.05. The molecule has 8 heteroatoms. The summed E-state index contributed by atoms with van der Waals surface area (Å²) >= 11 is 0. The fourth-order valence-corrected chi connectivity index (χ4v) is 2.94. The Morgan fingerprint density at radius 1 is 0.735 bits per heavy atom. The number of carbonyl (C=O) groups is 2. The van der Waals surface area contributed by atoms with Crippen LogP contribution in [0, 0.1) is 0 Å². The molecule has 0 bridgehead atoms. The van der Waals surface area contributed by atoms with E-state index in [-0.39, 0.29) is 11.8 Å². The molecule has 8 nitrogen and oxygen atoms in total. The van der Waals surface area contributed by atoms with E-state index in [1.807, 2.05) is 67.5 Å². The average Bonchev–Trinajstić information content (AvgIpc) is 2.82. The highest BCUT2D eigenvalue weighted by Gasteiger charge is 2.09. The van der Waals surface area contributed by atoms with Crippen molar-refractivity contribution >= 4 is 34.6 Å². The molecule has 2 N–H and O–H groups in total. The van der Waals surface area contributed by atoms with Gasteiger partial charge in [0.15, 0.2) is 0 Å². The van der Waals surface area contributed by atoms with Crippen molar-refractivity contribution in [2.24, 2.45) is 10.2 Å². The Kier molecular flexibility index (Phi) is 10.0. The molecular formula is C26H34N6O2. The van der Waals surface area contributed by atoms with E-state index in [9.17, 15) is 9.59 Å². The third-order valence-electron chi connectivity index (χ3n) is 4.97. The van der Waals surface area contributed by atoms with Gasteiger partial charge in [0.1, 0.15) is 0 Å². The van der Waals surface area contributed by atoms with E-state index in [4.69, 9.17) is 0 Å². The normalized spacial score (nSPS) is 10.6. The molecular weight excluding hydrogens is 428 g/mol. The van der Waals surface area contributed by atoms with Crippen LogP contribution in [0.25, 0.3) is 0 Å². The van der Waals surface area contributed by atoms with E-state index in [1.54, 1.807) is 13.8 Å². The molecule has 0 radical (unpaired) electrons. The van der Waals surface area contributed by atoms with Crippen molar-refractivity contribution in [2.45, 2.75) is 13.8 Å².